The molecule has 2 heterocycles. The van der Waals surface area contributed by atoms with Gasteiger partial charge in [0.2, 0.25) is 0 Å². The Hall–Kier alpha value is -3.73. The van der Waals surface area contributed by atoms with Crippen LogP contribution in [0.15, 0.2) is 72.9 Å². The highest BCUT2D eigenvalue weighted by Gasteiger charge is 2.14. The number of para-hydroxylation sites is 1. The number of pyridine rings is 2. The zero-order valence-electron chi connectivity index (χ0n) is 16.3. The van der Waals surface area contributed by atoms with Gasteiger partial charge in [-0.2, -0.15) is 0 Å². The van der Waals surface area contributed by atoms with Crippen molar-refractivity contribution in [1.29, 1.82) is 0 Å². The Bertz CT molecular complexity index is 1150. The van der Waals surface area contributed by atoms with E-state index in [1.54, 1.807) is 12.3 Å². The summed E-state index contributed by atoms with van der Waals surface area (Å²) in [6.45, 7) is 4.52. The van der Waals surface area contributed by atoms with E-state index < -0.39 is 0 Å². The first-order chi connectivity index (χ1) is 14.1. The van der Waals surface area contributed by atoms with E-state index in [2.05, 4.69) is 10.3 Å². The largest absolute Gasteiger partial charge is 0.494 e. The number of benzene rings is 2. The van der Waals surface area contributed by atoms with Crippen LogP contribution >= 0.6 is 0 Å². The van der Waals surface area contributed by atoms with Gasteiger partial charge in [-0.05, 0) is 61.9 Å². The molecule has 144 valence electrons. The number of hydrogen-bond acceptors (Lipinski definition) is 4. The standard InChI is InChI=1S/C24H21N3O2/c1-3-29-18-11-9-17(10-12-18)22-14-20(19-6-4-5-7-21(19)26-22)24(28)27-23-13-8-16(2)15-25-23/h4-15H,3H2,1-2H3,(H,25,27,28). The number of aryl methyl sites for hydroxylation is 1. The van der Waals surface area contributed by atoms with Crippen molar-refractivity contribution in [3.05, 3.63) is 84.1 Å². The molecule has 5 nitrogen and oxygen atoms in total. The van der Waals surface area contributed by atoms with E-state index in [-0.39, 0.29) is 5.91 Å². The van der Waals surface area contributed by atoms with Crippen molar-refractivity contribution in [2.45, 2.75) is 13.8 Å². The summed E-state index contributed by atoms with van der Waals surface area (Å²) in [6, 6.07) is 20.9. The Balaban J connectivity index is 1.74. The molecule has 0 saturated carbocycles. The number of amides is 1. The predicted molar refractivity (Wildman–Crippen MR) is 115 cm³/mol. The third-order valence-corrected chi connectivity index (χ3v) is 4.57. The maximum absolute atomic E-state index is 13.0. The number of aromatic nitrogens is 2. The quantitative estimate of drug-likeness (QED) is 0.511. The summed E-state index contributed by atoms with van der Waals surface area (Å²) < 4.78 is 5.51. The van der Waals surface area contributed by atoms with Crippen molar-refractivity contribution in [2.75, 3.05) is 11.9 Å². The Morgan fingerprint density at radius 2 is 1.83 bits per heavy atom. The Kier molecular flexibility index (Phi) is 5.20. The van der Waals surface area contributed by atoms with Crippen LogP contribution in [0, 0.1) is 6.92 Å². The van der Waals surface area contributed by atoms with Crippen LogP contribution in [0.4, 0.5) is 5.82 Å². The summed E-state index contributed by atoms with van der Waals surface area (Å²) in [5, 5.41) is 3.68. The molecule has 5 heteroatoms. The number of carbonyl (C=O) groups is 1. The first kappa shape index (κ1) is 18.6. The number of nitrogens with zero attached hydrogens (tertiary/aromatic N) is 2. The van der Waals surface area contributed by atoms with Gasteiger partial charge in [-0.25, -0.2) is 9.97 Å². The highest BCUT2D eigenvalue weighted by molar-refractivity contribution is 6.12. The molecule has 0 unspecified atom stereocenters. The molecule has 2 aromatic heterocycles. The van der Waals surface area contributed by atoms with E-state index in [4.69, 9.17) is 9.72 Å². The van der Waals surface area contributed by atoms with E-state index in [0.29, 0.717) is 18.0 Å². The Labute approximate surface area is 169 Å². The normalized spacial score (nSPS) is 10.7. The van der Waals surface area contributed by atoms with Crippen LogP contribution in [0.5, 0.6) is 5.75 Å². The summed E-state index contributed by atoms with van der Waals surface area (Å²) in [5.74, 6) is 1.11. The first-order valence-electron chi connectivity index (χ1n) is 9.51. The molecule has 0 fully saturated rings. The molecule has 0 spiro atoms. The van der Waals surface area contributed by atoms with E-state index in [0.717, 1.165) is 33.5 Å². The van der Waals surface area contributed by atoms with Crippen LogP contribution in [0.3, 0.4) is 0 Å². The summed E-state index contributed by atoms with van der Waals surface area (Å²) in [4.78, 5) is 22.1. The third kappa shape index (κ3) is 4.09. The molecule has 0 aliphatic carbocycles. The second-order valence-corrected chi connectivity index (χ2v) is 6.70. The molecule has 4 rings (SSSR count). The number of rotatable bonds is 5. The van der Waals surface area contributed by atoms with Crippen LogP contribution in [0.1, 0.15) is 22.8 Å². The third-order valence-electron chi connectivity index (χ3n) is 4.57. The lowest BCUT2D eigenvalue weighted by atomic mass is 10.0. The lowest BCUT2D eigenvalue weighted by molar-refractivity contribution is 0.102. The minimum absolute atomic E-state index is 0.216. The molecule has 2 aromatic carbocycles. The lowest BCUT2D eigenvalue weighted by Crippen LogP contribution is -2.14. The molecule has 0 bridgehead atoms. The second-order valence-electron chi connectivity index (χ2n) is 6.70. The van der Waals surface area contributed by atoms with Crippen molar-refractivity contribution in [2.24, 2.45) is 0 Å². The fourth-order valence-electron chi connectivity index (χ4n) is 3.13. The molecule has 0 aliphatic rings. The molecular weight excluding hydrogens is 362 g/mol. The van der Waals surface area contributed by atoms with Crippen LogP contribution in [-0.2, 0) is 0 Å². The van der Waals surface area contributed by atoms with E-state index in [1.807, 2.05) is 74.5 Å². The molecule has 0 aliphatic heterocycles. The van der Waals surface area contributed by atoms with Crippen molar-refractivity contribution >= 4 is 22.6 Å². The van der Waals surface area contributed by atoms with Gasteiger partial charge in [-0.15, -0.1) is 0 Å². The fraction of sp³-hybridized carbons (Fsp3) is 0.125. The van der Waals surface area contributed by atoms with Crippen LogP contribution in [-0.4, -0.2) is 22.5 Å². The number of hydrogen-bond donors (Lipinski definition) is 1. The summed E-state index contributed by atoms with van der Waals surface area (Å²) >= 11 is 0. The van der Waals surface area contributed by atoms with Gasteiger partial charge in [-0.3, -0.25) is 4.79 Å². The monoisotopic (exact) mass is 383 g/mol. The fourth-order valence-corrected chi connectivity index (χ4v) is 3.13. The predicted octanol–water partition coefficient (Wildman–Crippen LogP) is 5.26. The van der Waals surface area contributed by atoms with E-state index >= 15 is 0 Å². The minimum atomic E-state index is -0.216. The highest BCUT2D eigenvalue weighted by Crippen LogP contribution is 2.27. The van der Waals surface area contributed by atoms with Gasteiger partial charge in [0.15, 0.2) is 0 Å². The number of ether oxygens (including phenoxy) is 1. The Morgan fingerprint density at radius 1 is 1.03 bits per heavy atom. The second kappa shape index (κ2) is 8.10. The summed E-state index contributed by atoms with van der Waals surface area (Å²) in [5.41, 5.74) is 4.01. The highest BCUT2D eigenvalue weighted by atomic mass is 16.5. The minimum Gasteiger partial charge on any atom is -0.494 e. The smallest absolute Gasteiger partial charge is 0.257 e. The van der Waals surface area contributed by atoms with E-state index in [9.17, 15) is 4.79 Å². The van der Waals surface area contributed by atoms with Gasteiger partial charge in [0.05, 0.1) is 23.4 Å². The van der Waals surface area contributed by atoms with Crippen LogP contribution in [0.2, 0.25) is 0 Å². The van der Waals surface area contributed by atoms with Crippen LogP contribution in [0.25, 0.3) is 22.2 Å². The van der Waals surface area contributed by atoms with Gasteiger partial charge in [0, 0.05) is 17.1 Å². The van der Waals surface area contributed by atoms with Crippen LogP contribution < -0.4 is 10.1 Å². The van der Waals surface area contributed by atoms with Gasteiger partial charge in [-0.1, -0.05) is 24.3 Å². The number of carbonyl (C=O) groups excluding carboxylic acids is 1. The molecule has 0 radical (unpaired) electrons. The zero-order valence-corrected chi connectivity index (χ0v) is 16.3. The SMILES string of the molecule is CCOc1ccc(-c2cc(C(=O)Nc3ccc(C)cn3)c3ccccc3n2)cc1. The number of nitrogens with one attached hydrogen (secondary N) is 1. The average molecular weight is 383 g/mol. The van der Waals surface area contributed by atoms with Crippen molar-refractivity contribution in [3.63, 3.8) is 0 Å². The van der Waals surface area contributed by atoms with Crippen molar-refractivity contribution in [1.82, 2.24) is 9.97 Å². The number of anilines is 1. The molecule has 1 amide bonds. The van der Waals surface area contributed by atoms with Crippen molar-refractivity contribution < 1.29 is 9.53 Å². The van der Waals surface area contributed by atoms with Gasteiger partial charge in [0.25, 0.3) is 5.91 Å². The maximum Gasteiger partial charge on any atom is 0.257 e. The Morgan fingerprint density at radius 3 is 2.55 bits per heavy atom. The topological polar surface area (TPSA) is 64.1 Å². The maximum atomic E-state index is 13.0. The average Bonchev–Trinajstić information content (AvgIpc) is 2.75. The molecule has 29 heavy (non-hydrogen) atoms. The molecular formula is C24H21N3O2. The van der Waals surface area contributed by atoms with Crippen molar-refractivity contribution in [3.8, 4) is 17.0 Å². The first-order valence-corrected chi connectivity index (χ1v) is 9.51. The van der Waals surface area contributed by atoms with E-state index in [1.165, 1.54) is 0 Å². The zero-order chi connectivity index (χ0) is 20.2. The molecule has 0 saturated heterocycles. The lowest BCUT2D eigenvalue weighted by Gasteiger charge is -2.11. The van der Waals surface area contributed by atoms with Gasteiger partial charge < -0.3 is 10.1 Å². The summed E-state index contributed by atoms with van der Waals surface area (Å²) in [7, 11) is 0. The summed E-state index contributed by atoms with van der Waals surface area (Å²) in [6.07, 6.45) is 1.73. The molecule has 0 atom stereocenters. The molecule has 4 aromatic rings. The van der Waals surface area contributed by atoms with Gasteiger partial charge in [0.1, 0.15) is 11.6 Å². The molecule has 1 N–H and O–H groups in total. The van der Waals surface area contributed by atoms with Gasteiger partial charge >= 0.3 is 0 Å². The number of fused-ring (bicyclic) bond motifs is 1.